The van der Waals surface area contributed by atoms with E-state index in [1.807, 2.05) is 30.3 Å². The van der Waals surface area contributed by atoms with Crippen LogP contribution in [0.3, 0.4) is 0 Å². The molecule has 150 valence electrons. The molecule has 29 heavy (non-hydrogen) atoms. The summed E-state index contributed by atoms with van der Waals surface area (Å²) >= 11 is 5.31. The van der Waals surface area contributed by atoms with Crippen molar-refractivity contribution in [2.45, 2.75) is 12.8 Å². The SMILES string of the molecule is COc1ccccc1Oc1ccc(NC(=S)NCCCc2ccc(F)cc2)cn1. The van der Waals surface area contributed by atoms with Gasteiger partial charge in [-0.25, -0.2) is 9.37 Å². The van der Waals surface area contributed by atoms with Crippen molar-refractivity contribution in [2.75, 3.05) is 19.0 Å². The molecule has 3 aromatic rings. The number of benzene rings is 2. The fraction of sp³-hybridized carbons (Fsp3) is 0.182. The van der Waals surface area contributed by atoms with Crippen LogP contribution in [0, 0.1) is 5.82 Å². The van der Waals surface area contributed by atoms with Gasteiger partial charge in [-0.3, -0.25) is 0 Å². The molecular formula is C22H22FN3O2S. The normalized spacial score (nSPS) is 10.3. The summed E-state index contributed by atoms with van der Waals surface area (Å²) in [6.07, 6.45) is 3.39. The van der Waals surface area contributed by atoms with Crippen LogP contribution in [0.25, 0.3) is 0 Å². The molecule has 1 heterocycles. The highest BCUT2D eigenvalue weighted by Crippen LogP contribution is 2.30. The van der Waals surface area contributed by atoms with Gasteiger partial charge in [0.2, 0.25) is 5.88 Å². The Balaban J connectivity index is 1.43. The van der Waals surface area contributed by atoms with Crippen LogP contribution in [0.15, 0.2) is 66.9 Å². The van der Waals surface area contributed by atoms with E-state index in [0.29, 0.717) is 29.0 Å². The molecule has 0 atom stereocenters. The number of aromatic nitrogens is 1. The smallest absolute Gasteiger partial charge is 0.219 e. The number of pyridine rings is 1. The van der Waals surface area contributed by atoms with E-state index < -0.39 is 0 Å². The van der Waals surface area contributed by atoms with E-state index in [1.54, 1.807) is 31.5 Å². The number of aryl methyl sites for hydroxylation is 1. The Morgan fingerprint density at radius 1 is 1.03 bits per heavy atom. The maximum Gasteiger partial charge on any atom is 0.219 e. The van der Waals surface area contributed by atoms with Crippen LogP contribution in [0.2, 0.25) is 0 Å². The Morgan fingerprint density at radius 3 is 2.48 bits per heavy atom. The Morgan fingerprint density at radius 2 is 1.79 bits per heavy atom. The third kappa shape index (κ3) is 6.43. The second-order valence-corrected chi connectivity index (χ2v) is 6.66. The van der Waals surface area contributed by atoms with Crippen molar-refractivity contribution in [3.63, 3.8) is 0 Å². The predicted octanol–water partition coefficient (Wildman–Crippen LogP) is 4.94. The molecule has 5 nitrogen and oxygen atoms in total. The van der Waals surface area contributed by atoms with Crippen molar-refractivity contribution < 1.29 is 13.9 Å². The molecule has 0 spiro atoms. The quantitative estimate of drug-likeness (QED) is 0.404. The molecule has 0 aliphatic carbocycles. The largest absolute Gasteiger partial charge is 0.493 e. The molecule has 0 amide bonds. The number of rotatable bonds is 8. The molecule has 0 aliphatic rings. The van der Waals surface area contributed by atoms with Crippen molar-refractivity contribution in [3.8, 4) is 17.4 Å². The molecule has 0 radical (unpaired) electrons. The first-order valence-electron chi connectivity index (χ1n) is 9.20. The van der Waals surface area contributed by atoms with Gasteiger partial charge in [-0.1, -0.05) is 24.3 Å². The molecule has 0 bridgehead atoms. The van der Waals surface area contributed by atoms with Gasteiger partial charge in [-0.05, 0) is 61.0 Å². The van der Waals surface area contributed by atoms with Gasteiger partial charge in [0.15, 0.2) is 16.6 Å². The van der Waals surface area contributed by atoms with Crippen LogP contribution >= 0.6 is 12.2 Å². The summed E-state index contributed by atoms with van der Waals surface area (Å²) in [5.41, 5.74) is 1.86. The number of methoxy groups -OCH3 is 1. The zero-order valence-corrected chi connectivity index (χ0v) is 16.8. The Labute approximate surface area is 174 Å². The predicted molar refractivity (Wildman–Crippen MR) is 116 cm³/mol. The Hall–Kier alpha value is -3.19. The summed E-state index contributed by atoms with van der Waals surface area (Å²) in [5.74, 6) is 1.48. The number of nitrogens with zero attached hydrogens (tertiary/aromatic N) is 1. The molecule has 3 rings (SSSR count). The van der Waals surface area contributed by atoms with E-state index in [1.165, 1.54) is 12.1 Å². The number of para-hydroxylation sites is 2. The van der Waals surface area contributed by atoms with Crippen LogP contribution in [-0.2, 0) is 6.42 Å². The number of halogens is 1. The number of thiocarbonyl (C=S) groups is 1. The second-order valence-electron chi connectivity index (χ2n) is 6.25. The van der Waals surface area contributed by atoms with E-state index >= 15 is 0 Å². The highest BCUT2D eigenvalue weighted by Gasteiger charge is 2.06. The Bertz CT molecular complexity index is 934. The van der Waals surface area contributed by atoms with E-state index in [4.69, 9.17) is 21.7 Å². The summed E-state index contributed by atoms with van der Waals surface area (Å²) in [6, 6.07) is 17.5. The minimum atomic E-state index is -0.217. The van der Waals surface area contributed by atoms with Crippen molar-refractivity contribution in [1.29, 1.82) is 0 Å². The van der Waals surface area contributed by atoms with Crippen molar-refractivity contribution in [2.24, 2.45) is 0 Å². The summed E-state index contributed by atoms with van der Waals surface area (Å²) in [7, 11) is 1.59. The lowest BCUT2D eigenvalue weighted by molar-refractivity contribution is 0.374. The van der Waals surface area contributed by atoms with Crippen molar-refractivity contribution in [1.82, 2.24) is 10.3 Å². The zero-order chi connectivity index (χ0) is 20.5. The molecule has 0 saturated carbocycles. The topological polar surface area (TPSA) is 55.4 Å². The van der Waals surface area contributed by atoms with E-state index in [-0.39, 0.29) is 5.82 Å². The third-order valence-electron chi connectivity index (χ3n) is 4.12. The maximum absolute atomic E-state index is 12.9. The lowest BCUT2D eigenvalue weighted by Crippen LogP contribution is -2.29. The summed E-state index contributed by atoms with van der Waals surface area (Å²) in [4.78, 5) is 4.29. The lowest BCUT2D eigenvalue weighted by Gasteiger charge is -2.12. The van der Waals surface area contributed by atoms with Crippen LogP contribution < -0.4 is 20.1 Å². The minimum Gasteiger partial charge on any atom is -0.493 e. The molecular weight excluding hydrogens is 389 g/mol. The van der Waals surface area contributed by atoms with Crippen LogP contribution in [0.5, 0.6) is 17.4 Å². The van der Waals surface area contributed by atoms with Crippen molar-refractivity contribution in [3.05, 3.63) is 78.2 Å². The number of nitrogens with one attached hydrogen (secondary N) is 2. The molecule has 0 saturated heterocycles. The number of anilines is 1. The molecule has 1 aromatic heterocycles. The molecule has 0 aliphatic heterocycles. The highest BCUT2D eigenvalue weighted by molar-refractivity contribution is 7.80. The van der Waals surface area contributed by atoms with Crippen LogP contribution in [-0.4, -0.2) is 23.8 Å². The number of hydrogen-bond acceptors (Lipinski definition) is 4. The Kier molecular flexibility index (Phi) is 7.35. The summed E-state index contributed by atoms with van der Waals surface area (Å²) < 4.78 is 23.9. The standard InChI is InChI=1S/C22H22FN3O2S/c1-27-19-6-2-3-7-20(19)28-21-13-12-18(15-25-21)26-22(29)24-14-4-5-16-8-10-17(23)11-9-16/h2-3,6-13,15H,4-5,14H2,1H3,(H2,24,26,29). The average molecular weight is 412 g/mol. The molecule has 0 unspecified atom stereocenters. The first kappa shape index (κ1) is 20.5. The fourth-order valence-electron chi connectivity index (χ4n) is 2.65. The summed E-state index contributed by atoms with van der Waals surface area (Å²) in [6.45, 7) is 0.714. The molecule has 0 fully saturated rings. The number of hydrogen-bond donors (Lipinski definition) is 2. The number of ether oxygens (including phenoxy) is 2. The monoisotopic (exact) mass is 411 g/mol. The molecule has 2 N–H and O–H groups in total. The fourth-order valence-corrected chi connectivity index (χ4v) is 2.87. The van der Waals surface area contributed by atoms with Gasteiger partial charge in [-0.2, -0.15) is 0 Å². The average Bonchev–Trinajstić information content (AvgIpc) is 2.74. The van der Waals surface area contributed by atoms with Crippen molar-refractivity contribution >= 4 is 23.0 Å². The first-order chi connectivity index (χ1) is 14.1. The summed E-state index contributed by atoms with van der Waals surface area (Å²) in [5, 5.41) is 6.76. The third-order valence-corrected chi connectivity index (χ3v) is 4.37. The van der Waals surface area contributed by atoms with Gasteiger partial charge in [-0.15, -0.1) is 0 Å². The minimum absolute atomic E-state index is 0.217. The second kappa shape index (κ2) is 10.4. The van der Waals surface area contributed by atoms with Crippen LogP contribution in [0.1, 0.15) is 12.0 Å². The van der Waals surface area contributed by atoms with Gasteiger partial charge in [0.1, 0.15) is 5.82 Å². The molecule has 7 heteroatoms. The van der Waals surface area contributed by atoms with Gasteiger partial charge >= 0.3 is 0 Å². The zero-order valence-electron chi connectivity index (χ0n) is 16.0. The van der Waals surface area contributed by atoms with E-state index in [2.05, 4.69) is 15.6 Å². The van der Waals surface area contributed by atoms with E-state index in [0.717, 1.165) is 24.1 Å². The lowest BCUT2D eigenvalue weighted by atomic mass is 10.1. The van der Waals surface area contributed by atoms with Gasteiger partial charge in [0.25, 0.3) is 0 Å². The van der Waals surface area contributed by atoms with Crippen LogP contribution in [0.4, 0.5) is 10.1 Å². The van der Waals surface area contributed by atoms with Gasteiger partial charge in [0.05, 0.1) is 19.0 Å². The van der Waals surface area contributed by atoms with E-state index in [9.17, 15) is 4.39 Å². The van der Waals surface area contributed by atoms with Gasteiger partial charge < -0.3 is 20.1 Å². The highest BCUT2D eigenvalue weighted by atomic mass is 32.1. The maximum atomic E-state index is 12.9. The first-order valence-corrected chi connectivity index (χ1v) is 9.61. The van der Waals surface area contributed by atoms with Gasteiger partial charge in [0, 0.05) is 12.6 Å². The molecule has 2 aromatic carbocycles.